The predicted molar refractivity (Wildman–Crippen MR) is 46.7 cm³/mol. The molecule has 0 fully saturated rings. The second kappa shape index (κ2) is 4.39. The van der Waals surface area contributed by atoms with Crippen molar-refractivity contribution >= 4 is 23.3 Å². The van der Waals surface area contributed by atoms with Crippen LogP contribution in [0, 0.1) is 5.92 Å². The Bertz CT molecular complexity index is 202. The minimum Gasteiger partial charge on any atom is -0.395 e. The Morgan fingerprint density at radius 1 is 1.55 bits per heavy atom. The van der Waals surface area contributed by atoms with Crippen molar-refractivity contribution in [3.05, 3.63) is 0 Å². The van der Waals surface area contributed by atoms with Gasteiger partial charge in [0.05, 0.1) is 21.4 Å². The molecule has 0 unspecified atom stereocenters. The molecule has 11 heavy (non-hydrogen) atoms. The molecule has 0 aromatic carbocycles. The van der Waals surface area contributed by atoms with Crippen molar-refractivity contribution in [1.29, 1.82) is 0 Å². The third-order valence-electron chi connectivity index (χ3n) is 1.29. The van der Waals surface area contributed by atoms with E-state index in [0.717, 1.165) is 0 Å². The van der Waals surface area contributed by atoms with Crippen LogP contribution in [0.3, 0.4) is 0 Å². The number of hydrogen-bond acceptors (Lipinski definition) is 3. The molecule has 0 rings (SSSR count). The Morgan fingerprint density at radius 3 is 2.09 bits per heavy atom. The lowest BCUT2D eigenvalue weighted by Gasteiger charge is -2.17. The van der Waals surface area contributed by atoms with Crippen LogP contribution in [0.1, 0.15) is 13.8 Å². The van der Waals surface area contributed by atoms with E-state index in [2.05, 4.69) is 19.5 Å². The predicted octanol–water partition coefficient (Wildman–Crippen LogP) is 0.233. The summed E-state index contributed by atoms with van der Waals surface area (Å²) in [7, 11) is -3.38. The van der Waals surface area contributed by atoms with Crippen molar-refractivity contribution in [1.82, 2.24) is 4.72 Å². The van der Waals surface area contributed by atoms with Crippen LogP contribution >= 0.6 is 14.8 Å². The molecule has 0 aliphatic rings. The van der Waals surface area contributed by atoms with Crippen LogP contribution in [0.25, 0.3) is 0 Å². The fraction of sp³-hybridized carbons (Fsp3) is 1.00. The van der Waals surface area contributed by atoms with E-state index in [4.69, 9.17) is 5.11 Å². The monoisotopic (exact) mass is 245 g/mol. The van der Waals surface area contributed by atoms with Gasteiger partial charge >= 0.3 is 0 Å². The lowest BCUT2D eigenvalue weighted by atomic mass is 10.1. The Morgan fingerprint density at radius 2 is 2.00 bits per heavy atom. The van der Waals surface area contributed by atoms with Crippen LogP contribution in [0.15, 0.2) is 0 Å². The first kappa shape index (κ1) is 11.4. The maximum absolute atomic E-state index is 10.6. The molecule has 0 bridgehead atoms. The second-order valence-corrected chi connectivity index (χ2v) is 6.26. The highest BCUT2D eigenvalue weighted by Crippen LogP contribution is 2.05. The third kappa shape index (κ3) is 5.60. The summed E-state index contributed by atoms with van der Waals surface area (Å²) in [5.41, 5.74) is 0. The van der Waals surface area contributed by atoms with Crippen molar-refractivity contribution in [2.75, 3.05) is 6.61 Å². The summed E-state index contributed by atoms with van der Waals surface area (Å²) >= 11 is 2.44. The van der Waals surface area contributed by atoms with Gasteiger partial charge in [0.15, 0.2) is 0 Å². The SMILES string of the molecule is CC(C)[C@@H](CO)NS(=O)(=O)Br. The molecule has 0 radical (unpaired) electrons. The maximum atomic E-state index is 10.6. The molecule has 0 aliphatic carbocycles. The molecular formula is C5H12BrNO3S. The molecule has 1 atom stereocenters. The Labute approximate surface area is 74.2 Å². The molecule has 0 amide bonds. The van der Waals surface area contributed by atoms with Crippen LogP contribution in [-0.2, 0) is 8.46 Å². The summed E-state index contributed by atoms with van der Waals surface area (Å²) < 4.78 is 23.4. The second-order valence-electron chi connectivity index (χ2n) is 2.59. The molecule has 6 heteroatoms. The number of halogens is 1. The first-order valence-corrected chi connectivity index (χ1v) is 6.52. The van der Waals surface area contributed by atoms with Crippen molar-refractivity contribution < 1.29 is 13.5 Å². The van der Waals surface area contributed by atoms with E-state index in [1.54, 1.807) is 0 Å². The quantitative estimate of drug-likeness (QED) is 0.698. The minimum atomic E-state index is -3.38. The van der Waals surface area contributed by atoms with Crippen molar-refractivity contribution in [3.63, 3.8) is 0 Å². The highest BCUT2D eigenvalue weighted by Gasteiger charge is 2.16. The molecule has 0 aliphatic heterocycles. The van der Waals surface area contributed by atoms with Gasteiger partial charge in [0.2, 0.25) is 0 Å². The molecule has 0 saturated carbocycles. The van der Waals surface area contributed by atoms with Gasteiger partial charge in [-0.05, 0) is 5.92 Å². The molecular weight excluding hydrogens is 234 g/mol. The van der Waals surface area contributed by atoms with Crippen LogP contribution in [-0.4, -0.2) is 26.2 Å². The Kier molecular flexibility index (Phi) is 4.53. The maximum Gasteiger partial charge on any atom is 0.272 e. The normalized spacial score (nSPS) is 15.4. The van der Waals surface area contributed by atoms with Crippen LogP contribution in [0.4, 0.5) is 0 Å². The van der Waals surface area contributed by atoms with E-state index < -0.39 is 14.5 Å². The van der Waals surface area contributed by atoms with Crippen LogP contribution in [0.5, 0.6) is 0 Å². The lowest BCUT2D eigenvalue weighted by molar-refractivity contribution is 0.228. The van der Waals surface area contributed by atoms with Crippen molar-refractivity contribution in [2.45, 2.75) is 19.9 Å². The molecule has 4 nitrogen and oxygen atoms in total. The van der Waals surface area contributed by atoms with Gasteiger partial charge in [0.1, 0.15) is 0 Å². The summed E-state index contributed by atoms with van der Waals surface area (Å²) in [6.07, 6.45) is 0. The summed E-state index contributed by atoms with van der Waals surface area (Å²) in [4.78, 5) is 0. The molecule has 0 saturated heterocycles. The van der Waals surface area contributed by atoms with Crippen molar-refractivity contribution in [3.8, 4) is 0 Å². The zero-order valence-electron chi connectivity index (χ0n) is 6.41. The highest BCUT2D eigenvalue weighted by atomic mass is 79.9. The number of aliphatic hydroxyl groups excluding tert-OH is 1. The topological polar surface area (TPSA) is 66.4 Å². The lowest BCUT2D eigenvalue weighted by Crippen LogP contribution is -2.38. The van der Waals surface area contributed by atoms with E-state index >= 15 is 0 Å². The van der Waals surface area contributed by atoms with Gasteiger partial charge in [-0.15, -0.1) is 0 Å². The minimum absolute atomic E-state index is 0.0762. The first-order chi connectivity index (χ1) is 4.87. The molecule has 0 aromatic heterocycles. The van der Waals surface area contributed by atoms with Gasteiger partial charge in [0, 0.05) is 6.04 Å². The molecule has 2 N–H and O–H groups in total. The Balaban J connectivity index is 4.10. The van der Waals surface area contributed by atoms with Gasteiger partial charge < -0.3 is 5.11 Å². The van der Waals surface area contributed by atoms with E-state index in [-0.39, 0.29) is 12.5 Å². The molecule has 68 valence electrons. The fourth-order valence-corrected chi connectivity index (χ4v) is 1.99. The summed E-state index contributed by atoms with van der Waals surface area (Å²) in [5.74, 6) is 0.0762. The summed E-state index contributed by atoms with van der Waals surface area (Å²) in [5, 5.41) is 8.71. The smallest absolute Gasteiger partial charge is 0.272 e. The van der Waals surface area contributed by atoms with Gasteiger partial charge in [-0.25, -0.2) is 13.1 Å². The average molecular weight is 246 g/mol. The molecule has 0 spiro atoms. The molecule has 0 aromatic rings. The number of nitrogens with one attached hydrogen (secondary N) is 1. The zero-order valence-corrected chi connectivity index (χ0v) is 8.81. The number of aliphatic hydroxyl groups is 1. The van der Waals surface area contributed by atoms with E-state index in [1.807, 2.05) is 13.8 Å². The van der Waals surface area contributed by atoms with E-state index in [0.29, 0.717) is 0 Å². The molecule has 0 heterocycles. The van der Waals surface area contributed by atoms with Gasteiger partial charge in [-0.1, -0.05) is 13.8 Å². The average Bonchev–Trinajstić information content (AvgIpc) is 1.80. The summed E-state index contributed by atoms with van der Waals surface area (Å²) in [6.45, 7) is 3.46. The highest BCUT2D eigenvalue weighted by molar-refractivity contribution is 9.47. The number of hydrogen-bond donors (Lipinski definition) is 2. The van der Waals surface area contributed by atoms with Crippen molar-refractivity contribution in [2.24, 2.45) is 5.92 Å². The first-order valence-electron chi connectivity index (χ1n) is 3.19. The van der Waals surface area contributed by atoms with E-state index in [1.165, 1.54) is 0 Å². The van der Waals surface area contributed by atoms with Crippen LogP contribution in [0.2, 0.25) is 0 Å². The summed E-state index contributed by atoms with van der Waals surface area (Å²) in [6, 6.07) is -0.417. The fourth-order valence-electron chi connectivity index (χ4n) is 0.565. The van der Waals surface area contributed by atoms with Gasteiger partial charge in [-0.3, -0.25) is 0 Å². The van der Waals surface area contributed by atoms with E-state index in [9.17, 15) is 8.42 Å². The largest absolute Gasteiger partial charge is 0.395 e. The van der Waals surface area contributed by atoms with Gasteiger partial charge in [0.25, 0.3) is 8.46 Å². The standard InChI is InChI=1S/C5H12BrNO3S/c1-4(2)5(3-8)7-11(6,9)10/h4-5,7-8H,3H2,1-2H3/t5-/m1/s1. The van der Waals surface area contributed by atoms with Crippen LogP contribution < -0.4 is 4.72 Å². The Hall–Kier alpha value is 0.350. The third-order valence-corrected chi connectivity index (χ3v) is 2.44. The van der Waals surface area contributed by atoms with Gasteiger partial charge in [-0.2, -0.15) is 0 Å². The zero-order chi connectivity index (χ0) is 9.07. The number of rotatable bonds is 4.